The number of nitrogens with one attached hydrogen (secondary N) is 1. The quantitative estimate of drug-likeness (QED) is 0.591. The van der Waals surface area contributed by atoms with E-state index in [1.807, 2.05) is 23.1 Å². The van der Waals surface area contributed by atoms with Gasteiger partial charge in [0.1, 0.15) is 18.9 Å². The summed E-state index contributed by atoms with van der Waals surface area (Å²) in [5, 5.41) is 18.1. The predicted molar refractivity (Wildman–Crippen MR) is 101 cm³/mol. The number of halogens is 1. The Bertz CT molecular complexity index is 746. The summed E-state index contributed by atoms with van der Waals surface area (Å²) in [4.78, 5) is 29.4. The smallest absolute Gasteiger partial charge is 0.307 e. The Labute approximate surface area is 163 Å². The van der Waals surface area contributed by atoms with Crippen LogP contribution in [0.25, 0.3) is 0 Å². The molecule has 146 valence electrons. The van der Waals surface area contributed by atoms with Crippen LogP contribution in [-0.4, -0.2) is 49.6 Å². The molecule has 1 atom stereocenters. The van der Waals surface area contributed by atoms with E-state index in [1.54, 1.807) is 6.20 Å². The highest BCUT2D eigenvalue weighted by atomic mass is 35.5. The van der Waals surface area contributed by atoms with Crippen molar-refractivity contribution in [2.75, 3.05) is 13.1 Å². The summed E-state index contributed by atoms with van der Waals surface area (Å²) in [6.07, 6.45) is 6.95. The van der Waals surface area contributed by atoms with Crippen LogP contribution in [-0.2, 0) is 17.9 Å². The van der Waals surface area contributed by atoms with E-state index in [1.165, 1.54) is 10.9 Å². The molecule has 1 amide bonds. The first-order valence-corrected chi connectivity index (χ1v) is 8.70. The van der Waals surface area contributed by atoms with E-state index in [4.69, 9.17) is 0 Å². The molecule has 0 aliphatic carbocycles. The maximum atomic E-state index is 13.0. The van der Waals surface area contributed by atoms with Crippen molar-refractivity contribution in [3.8, 4) is 0 Å². The van der Waals surface area contributed by atoms with Gasteiger partial charge in [0, 0.05) is 12.2 Å². The number of nitrogens with zero attached hydrogens (tertiary/aromatic N) is 5. The summed E-state index contributed by atoms with van der Waals surface area (Å²) in [5.74, 6) is -0.111. The molecular weight excluding hydrogens is 372 g/mol. The van der Waals surface area contributed by atoms with Crippen molar-refractivity contribution in [2.24, 2.45) is 0 Å². The van der Waals surface area contributed by atoms with Crippen LogP contribution in [0.2, 0.25) is 0 Å². The Morgan fingerprint density at radius 2 is 2.22 bits per heavy atom. The average Bonchev–Trinajstić information content (AvgIpc) is 2.94. The third kappa shape index (κ3) is 5.73. The van der Waals surface area contributed by atoms with Crippen LogP contribution in [0.15, 0.2) is 36.8 Å². The van der Waals surface area contributed by atoms with Gasteiger partial charge in [0.05, 0.1) is 17.2 Å². The van der Waals surface area contributed by atoms with Gasteiger partial charge in [0.25, 0.3) is 0 Å². The fourth-order valence-electron chi connectivity index (χ4n) is 3.16. The van der Waals surface area contributed by atoms with E-state index >= 15 is 0 Å². The van der Waals surface area contributed by atoms with Gasteiger partial charge in [-0.05, 0) is 44.5 Å². The average molecular weight is 395 g/mol. The molecule has 0 bridgehead atoms. The lowest BCUT2D eigenvalue weighted by atomic mass is 10.1. The molecule has 1 saturated heterocycles. The number of hydrogen-bond donors (Lipinski definition) is 1. The number of aromatic nitrogens is 3. The summed E-state index contributed by atoms with van der Waals surface area (Å²) < 4.78 is 1.32. The van der Waals surface area contributed by atoms with Gasteiger partial charge in [-0.1, -0.05) is 6.07 Å². The molecular formula is C17H23ClN6O3. The lowest BCUT2D eigenvalue weighted by molar-refractivity contribution is -0.385. The van der Waals surface area contributed by atoms with Crippen molar-refractivity contribution >= 4 is 24.0 Å². The highest BCUT2D eigenvalue weighted by Crippen LogP contribution is 2.17. The largest absolute Gasteiger partial charge is 0.332 e. The number of rotatable bonds is 6. The van der Waals surface area contributed by atoms with Gasteiger partial charge in [-0.2, -0.15) is 5.10 Å². The van der Waals surface area contributed by atoms with E-state index in [0.29, 0.717) is 6.54 Å². The van der Waals surface area contributed by atoms with Crippen molar-refractivity contribution in [2.45, 2.75) is 38.4 Å². The summed E-state index contributed by atoms with van der Waals surface area (Å²) in [7, 11) is 0. The van der Waals surface area contributed by atoms with Gasteiger partial charge < -0.3 is 10.2 Å². The topological polar surface area (TPSA) is 106 Å². The minimum atomic E-state index is -0.517. The molecule has 2 aromatic rings. The summed E-state index contributed by atoms with van der Waals surface area (Å²) in [6, 6.07) is 5.75. The minimum Gasteiger partial charge on any atom is -0.332 e. The zero-order valence-electron chi connectivity index (χ0n) is 14.9. The molecule has 27 heavy (non-hydrogen) atoms. The Balaban J connectivity index is 0.00000261. The molecule has 0 spiro atoms. The normalized spacial score (nSPS) is 16.8. The molecule has 9 nitrogen and oxygen atoms in total. The fourth-order valence-corrected chi connectivity index (χ4v) is 3.16. The second-order valence-corrected chi connectivity index (χ2v) is 6.33. The Hall–Kier alpha value is -2.52. The van der Waals surface area contributed by atoms with Crippen molar-refractivity contribution in [1.82, 2.24) is 25.0 Å². The fraction of sp³-hybridized carbons (Fsp3) is 0.471. The molecule has 0 saturated carbocycles. The predicted octanol–water partition coefficient (Wildman–Crippen LogP) is 1.78. The van der Waals surface area contributed by atoms with Crippen molar-refractivity contribution < 1.29 is 9.72 Å². The molecule has 1 N–H and O–H groups in total. The van der Waals surface area contributed by atoms with Gasteiger partial charge in [-0.15, -0.1) is 12.4 Å². The van der Waals surface area contributed by atoms with Crippen LogP contribution in [0.3, 0.4) is 0 Å². The van der Waals surface area contributed by atoms with E-state index in [-0.39, 0.29) is 36.6 Å². The Morgan fingerprint density at radius 3 is 2.93 bits per heavy atom. The second-order valence-electron chi connectivity index (χ2n) is 6.33. The summed E-state index contributed by atoms with van der Waals surface area (Å²) in [5.41, 5.74) is 0.706. The molecule has 2 aromatic heterocycles. The molecule has 0 radical (unpaired) electrons. The van der Waals surface area contributed by atoms with Crippen LogP contribution in [0, 0.1) is 10.1 Å². The van der Waals surface area contributed by atoms with Crippen molar-refractivity contribution in [1.29, 1.82) is 0 Å². The van der Waals surface area contributed by atoms with E-state index in [0.717, 1.165) is 44.2 Å². The van der Waals surface area contributed by atoms with Crippen molar-refractivity contribution in [3.63, 3.8) is 0 Å². The number of pyridine rings is 1. The van der Waals surface area contributed by atoms with Crippen LogP contribution >= 0.6 is 12.4 Å². The molecule has 1 aliphatic heterocycles. The molecule has 1 fully saturated rings. The van der Waals surface area contributed by atoms with Crippen molar-refractivity contribution in [3.05, 3.63) is 52.6 Å². The minimum absolute atomic E-state index is 0. The highest BCUT2D eigenvalue weighted by Gasteiger charge is 2.26. The van der Waals surface area contributed by atoms with Gasteiger partial charge in [0.2, 0.25) is 5.91 Å². The van der Waals surface area contributed by atoms with Crippen LogP contribution in [0.1, 0.15) is 25.0 Å². The monoisotopic (exact) mass is 394 g/mol. The van der Waals surface area contributed by atoms with Gasteiger partial charge >= 0.3 is 5.69 Å². The van der Waals surface area contributed by atoms with E-state index in [2.05, 4.69) is 15.4 Å². The number of carbonyl (C=O) groups is 1. The Kier molecular flexibility index (Phi) is 7.68. The molecule has 1 aliphatic rings. The Morgan fingerprint density at radius 1 is 1.37 bits per heavy atom. The summed E-state index contributed by atoms with van der Waals surface area (Å²) in [6.45, 7) is 2.22. The lowest BCUT2D eigenvalue weighted by Gasteiger charge is -2.31. The first-order chi connectivity index (χ1) is 12.6. The molecule has 3 heterocycles. The maximum Gasteiger partial charge on any atom is 0.307 e. The zero-order chi connectivity index (χ0) is 18.4. The third-order valence-corrected chi connectivity index (χ3v) is 4.49. The summed E-state index contributed by atoms with van der Waals surface area (Å²) >= 11 is 0. The van der Waals surface area contributed by atoms with Gasteiger partial charge in [-0.25, -0.2) is 0 Å². The highest BCUT2D eigenvalue weighted by molar-refractivity contribution is 5.85. The first-order valence-electron chi connectivity index (χ1n) is 8.70. The molecule has 1 unspecified atom stereocenters. The van der Waals surface area contributed by atoms with Crippen LogP contribution in [0.4, 0.5) is 5.69 Å². The SMILES string of the molecule is Cl.O=C(Cn1cc([N+](=O)[O-])cn1)N(Cc1ccccn1)C1CCCNCC1. The third-order valence-electron chi connectivity index (χ3n) is 4.49. The molecule has 0 aromatic carbocycles. The number of hydrogen-bond acceptors (Lipinski definition) is 6. The maximum absolute atomic E-state index is 13.0. The van der Waals surface area contributed by atoms with Gasteiger partial charge in [-0.3, -0.25) is 24.6 Å². The second kappa shape index (κ2) is 9.98. The first kappa shape index (κ1) is 20.8. The zero-order valence-corrected chi connectivity index (χ0v) is 15.7. The number of carbonyl (C=O) groups excluding carboxylic acids is 1. The van der Waals surface area contributed by atoms with Crippen LogP contribution < -0.4 is 5.32 Å². The molecule has 3 rings (SSSR count). The van der Waals surface area contributed by atoms with E-state index < -0.39 is 4.92 Å². The standard InChI is InChI=1S/C17H22N6O3.ClH/c24-17(13-21-12-16(10-20-21)23(25)26)22(11-14-4-1-2-8-19-14)15-5-3-7-18-9-6-15;/h1-2,4,8,10,12,15,18H,3,5-7,9,11,13H2;1H. The number of nitro groups is 1. The number of amides is 1. The lowest BCUT2D eigenvalue weighted by Crippen LogP contribution is -2.42. The van der Waals surface area contributed by atoms with E-state index in [9.17, 15) is 14.9 Å². The van der Waals surface area contributed by atoms with Crippen LogP contribution in [0.5, 0.6) is 0 Å². The van der Waals surface area contributed by atoms with Gasteiger partial charge in [0.15, 0.2) is 0 Å². The molecule has 10 heteroatoms.